The molecule has 30 nitrogen and oxygen atoms in total. The molecule has 95 heavy (non-hydrogen) atoms. The van der Waals surface area contributed by atoms with Crippen molar-refractivity contribution in [2.45, 2.75) is 230 Å². The number of H-pyrrole nitrogens is 3. The topological polar surface area (TPSA) is 412 Å². The molecule has 16 unspecified atom stereocenters. The Hall–Kier alpha value is -3.24. The average Bonchev–Trinajstić information content (AvgIpc) is 1.70. The first-order valence-corrected chi connectivity index (χ1v) is 39.1. The minimum absolute atomic E-state index is 0. The molecule has 3 saturated heterocycles. The predicted octanol–water partition coefficient (Wildman–Crippen LogP) is 11.8. The van der Waals surface area contributed by atoms with Gasteiger partial charge in [-0.1, -0.05) is 173 Å². The second-order valence-electron chi connectivity index (χ2n) is 20.6. The molecule has 0 bridgehead atoms. The number of phosphoric acid groups is 2. The molecule has 6 rings (SSSR count). The number of nitrogens with zero attached hydrogens (tertiary/aromatic N) is 3. The van der Waals surface area contributed by atoms with E-state index in [4.69, 9.17) is 46.6 Å². The highest BCUT2D eigenvalue weighted by atomic mass is 31.3. The molecule has 0 aromatic carbocycles. The van der Waals surface area contributed by atoms with Crippen LogP contribution in [-0.4, -0.2) is 129 Å². The van der Waals surface area contributed by atoms with E-state index in [0.29, 0.717) is 16.7 Å². The molecule has 564 valence electrons. The van der Waals surface area contributed by atoms with Crippen LogP contribution >= 0.6 is 38.3 Å². The van der Waals surface area contributed by atoms with Gasteiger partial charge in [0.25, 0.3) is 24.2 Å². The number of unbranched alkanes of at least 4 members (excludes halogenated alkanes) is 2. The zero-order valence-electron chi connectivity index (χ0n) is 58.3. The Kier molecular flexibility index (Phi) is 53.4. The fourth-order valence-corrected chi connectivity index (χ4v) is 12.2. The van der Waals surface area contributed by atoms with E-state index in [2.05, 4.69) is 70.2 Å². The lowest BCUT2D eigenvalue weighted by molar-refractivity contribution is -0.0355. The summed E-state index contributed by atoms with van der Waals surface area (Å²) in [7, 11) is -18.6. The van der Waals surface area contributed by atoms with Crippen LogP contribution in [0.15, 0.2) is 47.4 Å². The van der Waals surface area contributed by atoms with E-state index in [0.717, 1.165) is 0 Å². The zero-order valence-corrected chi connectivity index (χ0v) is 62.8. The smallest absolute Gasteiger partial charge is 0.352 e. The largest absolute Gasteiger partial charge is 0.487 e. The van der Waals surface area contributed by atoms with Crippen LogP contribution in [0.1, 0.15) is 208 Å². The van der Waals surface area contributed by atoms with Crippen LogP contribution in [-0.2, 0) is 54.6 Å². The van der Waals surface area contributed by atoms with Crippen LogP contribution in [0.5, 0.6) is 0 Å². The molecule has 16 atom stereocenters. The Labute approximate surface area is 565 Å². The maximum atomic E-state index is 12.1. The number of hydrogen-bond acceptors (Lipinski definition) is 21. The molecule has 3 aromatic heterocycles. The highest BCUT2D eigenvalue weighted by molar-refractivity contribution is 7.70. The lowest BCUT2D eigenvalue weighted by Gasteiger charge is -2.23. The second kappa shape index (κ2) is 49.3. The summed E-state index contributed by atoms with van der Waals surface area (Å²) < 4.78 is 77.0. The molecular formula is C60H125N6O24P5. The minimum Gasteiger partial charge on any atom is -0.352 e. The van der Waals surface area contributed by atoms with Gasteiger partial charge in [-0.05, 0) is 57.4 Å². The molecule has 0 radical (unpaired) electrons. The second-order valence-corrected chi connectivity index (χ2v) is 29.1. The summed E-state index contributed by atoms with van der Waals surface area (Å²) in [6.07, 6.45) is 16.5. The van der Waals surface area contributed by atoms with E-state index in [9.17, 15) is 57.5 Å². The van der Waals surface area contributed by atoms with Gasteiger partial charge < -0.3 is 66.2 Å². The van der Waals surface area contributed by atoms with Crippen molar-refractivity contribution in [3.05, 3.63) is 97.8 Å². The Morgan fingerprint density at radius 1 is 0.432 bits per heavy atom. The van der Waals surface area contributed by atoms with Crippen LogP contribution in [0.2, 0.25) is 0 Å². The lowest BCUT2D eigenvalue weighted by Crippen LogP contribution is -2.35. The van der Waals surface area contributed by atoms with E-state index in [1.54, 1.807) is 27.7 Å². The number of aromatic nitrogens is 6. The first-order chi connectivity index (χ1) is 42.7. The van der Waals surface area contributed by atoms with Gasteiger partial charge in [-0.25, -0.2) is 27.8 Å². The standard InChI is InChI=1S/2C14H23N2O6P.C13H23N2O12P3.2C4H10.4C2H6.3CH4/c2*1-8-6-16(14(18)15-12(8)17)13-10(3)9(2)11(22-13)7-21-23(5,19)20-4;1-7-5-15(13(17)14-11(7)16)12-9(3)8(2)10(25-12)6-24-28(4,18)26-30(22,23)27-29(19,20)21;2*1-3-4-2;4*1-2;;;/h2*6,9-11,13,19H,5,7H2,1-4H3,(H,15,17,18);5,8-10,12,18H,4,6H2,1-3H3,(H,22,23)(H,14,16,17)(H2,19,20,21);2*3-4H2,1-2H3;4*1-2H3;3*1H4. The molecule has 0 amide bonds. The van der Waals surface area contributed by atoms with Crippen molar-refractivity contribution in [3.8, 4) is 0 Å². The third-order valence-electron chi connectivity index (χ3n) is 14.1. The van der Waals surface area contributed by atoms with Crippen LogP contribution < -0.4 is 33.7 Å². The van der Waals surface area contributed by atoms with Crippen molar-refractivity contribution >= 4 is 57.2 Å². The van der Waals surface area contributed by atoms with Gasteiger partial charge in [-0.15, -0.1) is 0 Å². The average molecular weight is 1470 g/mol. The van der Waals surface area contributed by atoms with Gasteiger partial charge in [0.2, 0.25) is 15.1 Å². The van der Waals surface area contributed by atoms with Crippen LogP contribution in [0.4, 0.5) is 0 Å². The van der Waals surface area contributed by atoms with Crippen molar-refractivity contribution in [1.82, 2.24) is 28.7 Å². The summed E-state index contributed by atoms with van der Waals surface area (Å²) in [6.45, 7) is 40.8. The maximum Gasteiger partial charge on any atom is 0.487 e. The van der Waals surface area contributed by atoms with Gasteiger partial charge in [0.1, 0.15) is 18.7 Å². The molecule has 3 aliphatic rings. The summed E-state index contributed by atoms with van der Waals surface area (Å²) in [4.78, 5) is 133. The SMILES string of the molecule is C.C.C.C=P(O)(OC)OCC1OC(n2cc(C)c(=O)[nH]c2=O)C(C)C1C.C=P(O)(OC)OCC1OC(n2cc(C)c(=O)[nH]c2=O)C(C)C1C.C=P(O)(OCC1OC(n2cc(C)c(=O)[nH]c2=O)C(C)C1C)OP(=O)(O)OP(=O)(O)O.CC.CC.CC.CC.CCCC.CCCC. The molecule has 0 aliphatic carbocycles. The van der Waals surface area contributed by atoms with Crippen molar-refractivity contribution in [3.63, 3.8) is 0 Å². The Morgan fingerprint density at radius 3 is 0.853 bits per heavy atom. The number of nitrogens with one attached hydrogen (secondary N) is 3. The molecule has 0 saturated carbocycles. The number of hydrogen-bond donors (Lipinski definition) is 9. The monoisotopic (exact) mass is 1470 g/mol. The summed E-state index contributed by atoms with van der Waals surface area (Å²) in [5, 5.41) is 0. The highest BCUT2D eigenvalue weighted by Crippen LogP contribution is 2.66. The fraction of sp³-hybridized carbons (Fsp3) is 0.750. The fourth-order valence-electron chi connectivity index (χ4n) is 7.94. The Morgan fingerprint density at radius 2 is 0.653 bits per heavy atom. The van der Waals surface area contributed by atoms with Crippen LogP contribution in [0.25, 0.3) is 0 Å². The van der Waals surface area contributed by atoms with Gasteiger partial charge in [-0.3, -0.25) is 43.0 Å². The van der Waals surface area contributed by atoms with Gasteiger partial charge >= 0.3 is 32.7 Å². The van der Waals surface area contributed by atoms with E-state index in [1.807, 2.05) is 83.1 Å². The minimum atomic E-state index is -5.38. The highest BCUT2D eigenvalue weighted by Gasteiger charge is 2.45. The molecule has 0 spiro atoms. The summed E-state index contributed by atoms with van der Waals surface area (Å²) >= 11 is 0. The molecule has 3 aromatic rings. The number of aryl methyl sites for hydroxylation is 3. The Balaban J connectivity index is -0.000000279. The third kappa shape index (κ3) is 35.1. The van der Waals surface area contributed by atoms with Crippen molar-refractivity contribution in [2.75, 3.05) is 34.0 Å². The molecule has 35 heteroatoms. The Bertz CT molecular complexity index is 3100. The number of rotatable bonds is 20. The molecule has 3 fully saturated rings. The van der Waals surface area contributed by atoms with Gasteiger partial charge in [-0.2, -0.15) is 4.31 Å². The van der Waals surface area contributed by atoms with Crippen LogP contribution in [0.3, 0.4) is 0 Å². The van der Waals surface area contributed by atoms with E-state index < -0.39 is 96.9 Å². The predicted molar refractivity (Wildman–Crippen MR) is 386 cm³/mol. The van der Waals surface area contributed by atoms with Crippen LogP contribution in [0, 0.1) is 56.3 Å². The first kappa shape index (κ1) is 103. The van der Waals surface area contributed by atoms with E-state index in [-0.39, 0.29) is 89.8 Å². The normalized spacial score (nSPS) is 24.6. The van der Waals surface area contributed by atoms with E-state index in [1.165, 1.54) is 79.1 Å². The zero-order chi connectivity index (χ0) is 72.6. The van der Waals surface area contributed by atoms with Gasteiger partial charge in [0.05, 0.1) is 38.1 Å². The molecular weight excluding hydrogens is 1340 g/mol. The van der Waals surface area contributed by atoms with Crippen molar-refractivity contribution < 1.29 is 83.9 Å². The lowest BCUT2D eigenvalue weighted by atomic mass is 9.93. The quantitative estimate of drug-likeness (QED) is 0.0474. The molecule has 9 N–H and O–H groups in total. The number of aromatic amines is 3. The third-order valence-corrected chi connectivity index (χ3v) is 20.5. The van der Waals surface area contributed by atoms with E-state index >= 15 is 0 Å². The maximum absolute atomic E-state index is 12.1. The molecule has 6 heterocycles. The summed E-state index contributed by atoms with van der Waals surface area (Å²) in [5.41, 5.74) is -1.85. The summed E-state index contributed by atoms with van der Waals surface area (Å²) in [5.74, 6) is -0.273. The van der Waals surface area contributed by atoms with Crippen molar-refractivity contribution in [1.29, 1.82) is 0 Å². The van der Waals surface area contributed by atoms with Crippen molar-refractivity contribution in [2.24, 2.45) is 35.5 Å². The first-order valence-electron chi connectivity index (χ1n) is 30.8. The molecule has 3 aliphatic heterocycles. The van der Waals surface area contributed by atoms with Gasteiger partial charge in [0, 0.05) is 67.3 Å². The number of ether oxygens (including phenoxy) is 3. The summed E-state index contributed by atoms with van der Waals surface area (Å²) in [6, 6.07) is 0. The van der Waals surface area contributed by atoms with Gasteiger partial charge in [0.15, 0.2) is 0 Å².